The maximum atomic E-state index is 11.9. The van der Waals surface area contributed by atoms with E-state index >= 15 is 0 Å². The van der Waals surface area contributed by atoms with Crippen LogP contribution < -0.4 is 5.32 Å². The van der Waals surface area contributed by atoms with Gasteiger partial charge in [0.1, 0.15) is 6.61 Å². The molecule has 17 heavy (non-hydrogen) atoms. The van der Waals surface area contributed by atoms with Crippen LogP contribution in [0.3, 0.4) is 0 Å². The normalized spacial score (nSPS) is 19.8. The van der Waals surface area contributed by atoms with Crippen LogP contribution in [0.1, 0.15) is 24.2 Å². The van der Waals surface area contributed by atoms with Gasteiger partial charge in [0.15, 0.2) is 11.7 Å². The lowest BCUT2D eigenvalue weighted by Crippen LogP contribution is -2.34. The van der Waals surface area contributed by atoms with E-state index in [9.17, 15) is 4.79 Å². The molecular weight excluding hydrogens is 238 g/mol. The number of carbonyl (C=O) groups excluding carboxylic acids is 1. The molecule has 90 valence electrons. The second kappa shape index (κ2) is 4.41. The quantitative estimate of drug-likeness (QED) is 0.649. The molecule has 0 bridgehead atoms. The van der Waals surface area contributed by atoms with Crippen molar-refractivity contribution < 1.29 is 9.53 Å². The van der Waals surface area contributed by atoms with Crippen LogP contribution in [0.2, 0.25) is 5.02 Å². The van der Waals surface area contributed by atoms with E-state index < -0.39 is 0 Å². The van der Waals surface area contributed by atoms with Crippen molar-refractivity contribution in [1.82, 2.24) is 5.32 Å². The molecule has 0 radical (unpaired) electrons. The zero-order valence-electron chi connectivity index (χ0n) is 9.79. The Hall–Kier alpha value is -1.48. The molecule has 4 heteroatoms. The van der Waals surface area contributed by atoms with Crippen molar-refractivity contribution in [1.29, 1.82) is 0 Å². The van der Waals surface area contributed by atoms with E-state index in [4.69, 9.17) is 16.3 Å². The van der Waals surface area contributed by atoms with E-state index in [1.54, 1.807) is 24.3 Å². The monoisotopic (exact) mass is 251 g/mol. The number of hydrogen-bond acceptors (Lipinski definition) is 3. The van der Waals surface area contributed by atoms with E-state index in [-0.39, 0.29) is 11.3 Å². The van der Waals surface area contributed by atoms with Gasteiger partial charge < -0.3 is 10.1 Å². The zero-order chi connectivity index (χ0) is 12.5. The summed E-state index contributed by atoms with van der Waals surface area (Å²) < 4.78 is 5.39. The predicted molar refractivity (Wildman–Crippen MR) is 67.0 cm³/mol. The topological polar surface area (TPSA) is 38.3 Å². The van der Waals surface area contributed by atoms with Gasteiger partial charge in [-0.25, -0.2) is 0 Å². The fourth-order valence-electron chi connectivity index (χ4n) is 1.56. The smallest absolute Gasteiger partial charge is 0.191 e. The summed E-state index contributed by atoms with van der Waals surface area (Å²) in [7, 11) is 0. The Morgan fingerprint density at radius 2 is 2.06 bits per heavy atom. The fourth-order valence-corrected chi connectivity index (χ4v) is 1.68. The first kappa shape index (κ1) is 12.0. The molecule has 0 aromatic heterocycles. The Labute approximate surface area is 105 Å². The zero-order valence-corrected chi connectivity index (χ0v) is 10.5. The highest BCUT2D eigenvalue weighted by Gasteiger charge is 2.27. The molecule has 1 aromatic rings. The summed E-state index contributed by atoms with van der Waals surface area (Å²) >= 11 is 5.76. The largest absolute Gasteiger partial charge is 0.477 e. The maximum Gasteiger partial charge on any atom is 0.191 e. The van der Waals surface area contributed by atoms with Gasteiger partial charge in [0.25, 0.3) is 0 Å². The van der Waals surface area contributed by atoms with Gasteiger partial charge >= 0.3 is 0 Å². The van der Waals surface area contributed by atoms with Crippen LogP contribution in [-0.2, 0) is 4.74 Å². The SMILES string of the molecule is CC1(C)CO/C(=C\C(=O)c2ccc(Cl)cc2)N1. The van der Waals surface area contributed by atoms with Crippen LogP contribution in [0.15, 0.2) is 36.2 Å². The number of benzene rings is 1. The minimum Gasteiger partial charge on any atom is -0.477 e. The van der Waals surface area contributed by atoms with Crippen molar-refractivity contribution in [3.05, 3.63) is 46.8 Å². The molecule has 0 amide bonds. The van der Waals surface area contributed by atoms with Gasteiger partial charge in [-0.05, 0) is 38.1 Å². The van der Waals surface area contributed by atoms with Crippen LogP contribution >= 0.6 is 11.6 Å². The van der Waals surface area contributed by atoms with E-state index in [0.29, 0.717) is 23.1 Å². The molecule has 1 aromatic carbocycles. The number of rotatable bonds is 2. The molecule has 0 atom stereocenters. The minimum atomic E-state index is -0.119. The Kier molecular flexibility index (Phi) is 3.11. The first-order valence-corrected chi connectivity index (χ1v) is 5.77. The Balaban J connectivity index is 2.12. The average Bonchev–Trinajstić information content (AvgIpc) is 2.59. The van der Waals surface area contributed by atoms with Gasteiger partial charge in [-0.2, -0.15) is 0 Å². The second-order valence-corrected chi connectivity index (χ2v) is 5.11. The summed E-state index contributed by atoms with van der Waals surface area (Å²) in [6, 6.07) is 6.78. The van der Waals surface area contributed by atoms with Crippen molar-refractivity contribution in [2.24, 2.45) is 0 Å². The molecule has 0 saturated carbocycles. The summed E-state index contributed by atoms with van der Waals surface area (Å²) in [5, 5.41) is 3.75. The molecule has 1 saturated heterocycles. The van der Waals surface area contributed by atoms with Gasteiger partial charge in [0.05, 0.1) is 5.54 Å². The number of hydrogen-bond donors (Lipinski definition) is 1. The summed E-state index contributed by atoms with van der Waals surface area (Å²) in [6.45, 7) is 4.59. The lowest BCUT2D eigenvalue weighted by Gasteiger charge is -2.13. The Morgan fingerprint density at radius 3 is 2.59 bits per heavy atom. The molecule has 1 heterocycles. The highest BCUT2D eigenvalue weighted by Crippen LogP contribution is 2.17. The Bertz CT molecular complexity index is 463. The lowest BCUT2D eigenvalue weighted by atomic mass is 10.1. The predicted octanol–water partition coefficient (Wildman–Crippen LogP) is 2.76. The molecule has 1 aliphatic rings. The van der Waals surface area contributed by atoms with Crippen molar-refractivity contribution >= 4 is 17.4 Å². The standard InChI is InChI=1S/C13H14ClNO2/c1-13(2)8-17-12(15-13)7-11(16)9-3-5-10(14)6-4-9/h3-7,15H,8H2,1-2H3/b12-7-. The molecule has 3 nitrogen and oxygen atoms in total. The Morgan fingerprint density at radius 1 is 1.41 bits per heavy atom. The van der Waals surface area contributed by atoms with Crippen LogP contribution in [0.25, 0.3) is 0 Å². The van der Waals surface area contributed by atoms with Crippen LogP contribution in [0.5, 0.6) is 0 Å². The van der Waals surface area contributed by atoms with Crippen molar-refractivity contribution in [3.8, 4) is 0 Å². The van der Waals surface area contributed by atoms with Gasteiger partial charge in [-0.15, -0.1) is 0 Å². The summed E-state index contributed by atoms with van der Waals surface area (Å²) in [6.07, 6.45) is 1.47. The van der Waals surface area contributed by atoms with Crippen LogP contribution in [0, 0.1) is 0 Å². The number of ether oxygens (including phenoxy) is 1. The third kappa shape index (κ3) is 3.01. The summed E-state index contributed by atoms with van der Waals surface area (Å²) in [5.74, 6) is 0.428. The maximum absolute atomic E-state index is 11.9. The second-order valence-electron chi connectivity index (χ2n) is 4.68. The number of carbonyl (C=O) groups is 1. The lowest BCUT2D eigenvalue weighted by molar-refractivity contribution is 0.104. The first-order chi connectivity index (χ1) is 7.96. The van der Waals surface area contributed by atoms with E-state index in [1.807, 2.05) is 13.8 Å². The molecule has 1 N–H and O–H groups in total. The van der Waals surface area contributed by atoms with Gasteiger partial charge in [0, 0.05) is 16.7 Å². The third-order valence-corrected chi connectivity index (χ3v) is 2.69. The molecule has 0 aliphatic carbocycles. The van der Waals surface area contributed by atoms with Crippen molar-refractivity contribution in [3.63, 3.8) is 0 Å². The van der Waals surface area contributed by atoms with Crippen LogP contribution in [0.4, 0.5) is 0 Å². The van der Waals surface area contributed by atoms with Gasteiger partial charge in [0.2, 0.25) is 0 Å². The van der Waals surface area contributed by atoms with Gasteiger partial charge in [-0.1, -0.05) is 11.6 Å². The number of allylic oxidation sites excluding steroid dienone is 1. The summed E-state index contributed by atoms with van der Waals surface area (Å²) in [4.78, 5) is 11.9. The number of ketones is 1. The van der Waals surface area contributed by atoms with Crippen molar-refractivity contribution in [2.75, 3.05) is 6.61 Å². The van der Waals surface area contributed by atoms with E-state index in [2.05, 4.69) is 5.32 Å². The minimum absolute atomic E-state index is 0.0955. The van der Waals surface area contributed by atoms with Gasteiger partial charge in [-0.3, -0.25) is 4.79 Å². The highest BCUT2D eigenvalue weighted by atomic mass is 35.5. The molecule has 1 aliphatic heterocycles. The van der Waals surface area contributed by atoms with Crippen molar-refractivity contribution in [2.45, 2.75) is 19.4 Å². The molecule has 1 fully saturated rings. The molecular formula is C13H14ClNO2. The fraction of sp³-hybridized carbons (Fsp3) is 0.308. The van der Waals surface area contributed by atoms with Crippen LogP contribution in [-0.4, -0.2) is 17.9 Å². The highest BCUT2D eigenvalue weighted by molar-refractivity contribution is 6.30. The average molecular weight is 252 g/mol. The third-order valence-electron chi connectivity index (χ3n) is 2.44. The van der Waals surface area contributed by atoms with E-state index in [1.165, 1.54) is 6.08 Å². The summed E-state index contributed by atoms with van der Waals surface area (Å²) in [5.41, 5.74) is 0.476. The molecule has 2 rings (SSSR count). The molecule has 0 unspecified atom stereocenters. The number of nitrogens with one attached hydrogen (secondary N) is 1. The van der Waals surface area contributed by atoms with E-state index in [0.717, 1.165) is 0 Å². The number of halogens is 1. The first-order valence-electron chi connectivity index (χ1n) is 5.39. The molecule has 0 spiro atoms.